The predicted octanol–water partition coefficient (Wildman–Crippen LogP) is 4.95. The minimum absolute atomic E-state index is 0.0188. The van der Waals surface area contributed by atoms with Gasteiger partial charge in [0.25, 0.3) is 5.78 Å². The molecule has 6 rings (SSSR count). The van der Waals surface area contributed by atoms with E-state index < -0.39 is 17.7 Å². The van der Waals surface area contributed by atoms with E-state index >= 15 is 0 Å². The number of rotatable bonds is 3. The number of aliphatic hydroxyl groups is 1. The summed E-state index contributed by atoms with van der Waals surface area (Å²) in [7, 11) is 0. The zero-order valence-corrected chi connectivity index (χ0v) is 19.9. The highest BCUT2D eigenvalue weighted by Crippen LogP contribution is 2.44. The summed E-state index contributed by atoms with van der Waals surface area (Å²) in [6.07, 6.45) is 3.98. The van der Waals surface area contributed by atoms with Gasteiger partial charge in [-0.3, -0.25) is 19.5 Å². The third-order valence-corrected chi connectivity index (χ3v) is 7.37. The van der Waals surface area contributed by atoms with Gasteiger partial charge in [0.15, 0.2) is 5.13 Å². The topological polar surface area (TPSA) is 92.6 Å². The maximum absolute atomic E-state index is 13.4. The number of anilines is 1. The van der Waals surface area contributed by atoms with Gasteiger partial charge in [-0.2, -0.15) is 0 Å². The van der Waals surface area contributed by atoms with Crippen molar-refractivity contribution in [3.63, 3.8) is 0 Å². The number of aliphatic hydroxyl groups excluding tert-OH is 1. The molecule has 174 valence electrons. The van der Waals surface area contributed by atoms with Crippen LogP contribution in [0.4, 0.5) is 5.13 Å². The largest absolute Gasteiger partial charge is 0.507 e. The number of nitrogens with zero attached hydrogens (tertiary/aromatic N) is 3. The smallest absolute Gasteiger partial charge is 0.301 e. The predicted molar refractivity (Wildman–Crippen MR) is 134 cm³/mol. The molecule has 0 saturated carbocycles. The summed E-state index contributed by atoms with van der Waals surface area (Å²) in [5, 5.41) is 11.8. The fourth-order valence-corrected chi connectivity index (χ4v) is 5.82. The van der Waals surface area contributed by atoms with E-state index in [0.29, 0.717) is 22.7 Å². The molecular weight excluding hydrogens is 462 g/mol. The summed E-state index contributed by atoms with van der Waals surface area (Å²) in [4.78, 5) is 37.0. The van der Waals surface area contributed by atoms with E-state index in [2.05, 4.69) is 9.97 Å². The van der Waals surface area contributed by atoms with Crippen LogP contribution in [0.5, 0.6) is 5.75 Å². The van der Waals surface area contributed by atoms with Gasteiger partial charge in [-0.15, -0.1) is 0 Å². The Morgan fingerprint density at radius 1 is 1.17 bits per heavy atom. The molecule has 1 N–H and O–H groups in total. The molecule has 2 aliphatic heterocycles. The molecule has 1 fully saturated rings. The maximum Gasteiger partial charge on any atom is 0.301 e. The Balaban J connectivity index is 1.53. The standard InChI is InChI=1S/C27H21N3O4S/c1-14-5-7-19-21(10-14)35-27(29-19)30-23(17-4-3-9-28-13-17)22(25(32)26(30)33)24(31)16-6-8-20-18(12-16)11-15(2)34-20/h3-10,12-13,15,23,31H,11H2,1-2H3/b24-22+/t15-,23-/m0/s1. The number of pyridine rings is 1. The highest BCUT2D eigenvalue weighted by atomic mass is 32.1. The number of Topliss-reactive ketones (excluding diaryl/α,β-unsaturated/α-hetero) is 1. The first-order valence-electron chi connectivity index (χ1n) is 11.3. The fourth-order valence-electron chi connectivity index (χ4n) is 4.73. The maximum atomic E-state index is 13.4. The van der Waals surface area contributed by atoms with Gasteiger partial charge in [0.2, 0.25) is 0 Å². The molecule has 0 unspecified atom stereocenters. The summed E-state index contributed by atoms with van der Waals surface area (Å²) in [6.45, 7) is 3.97. The molecule has 2 atom stereocenters. The molecule has 35 heavy (non-hydrogen) atoms. The summed E-state index contributed by atoms with van der Waals surface area (Å²) in [6, 6.07) is 13.9. The zero-order chi connectivity index (χ0) is 24.3. The summed E-state index contributed by atoms with van der Waals surface area (Å²) < 4.78 is 6.68. The summed E-state index contributed by atoms with van der Waals surface area (Å²) in [5.74, 6) is -0.937. The number of thiazole rings is 1. The van der Waals surface area contributed by atoms with Gasteiger partial charge in [0.1, 0.15) is 17.6 Å². The molecule has 0 radical (unpaired) electrons. The molecule has 1 amide bonds. The van der Waals surface area contributed by atoms with Crippen LogP contribution in [-0.4, -0.2) is 32.9 Å². The number of carbonyl (C=O) groups is 2. The Bertz CT molecular complexity index is 1540. The van der Waals surface area contributed by atoms with Crippen LogP contribution in [-0.2, 0) is 16.0 Å². The lowest BCUT2D eigenvalue weighted by molar-refractivity contribution is -0.132. The van der Waals surface area contributed by atoms with Crippen molar-refractivity contribution < 1.29 is 19.4 Å². The van der Waals surface area contributed by atoms with E-state index in [1.54, 1.807) is 36.7 Å². The van der Waals surface area contributed by atoms with E-state index in [0.717, 1.165) is 27.1 Å². The molecule has 4 aromatic rings. The molecule has 8 heteroatoms. The minimum Gasteiger partial charge on any atom is -0.507 e. The van der Waals surface area contributed by atoms with Gasteiger partial charge in [0, 0.05) is 24.4 Å². The molecule has 0 spiro atoms. The fraction of sp³-hybridized carbons (Fsp3) is 0.185. The van der Waals surface area contributed by atoms with E-state index in [1.165, 1.54) is 16.2 Å². The number of hydrogen-bond donors (Lipinski definition) is 1. The quantitative estimate of drug-likeness (QED) is 0.252. The van der Waals surface area contributed by atoms with Crippen LogP contribution in [0.25, 0.3) is 16.0 Å². The average molecular weight is 484 g/mol. The molecule has 2 aliphatic rings. The third-order valence-electron chi connectivity index (χ3n) is 6.35. The van der Waals surface area contributed by atoms with E-state index in [9.17, 15) is 14.7 Å². The van der Waals surface area contributed by atoms with Crippen molar-refractivity contribution >= 4 is 44.1 Å². The Hall–Kier alpha value is -4.04. The lowest BCUT2D eigenvalue weighted by Gasteiger charge is -2.22. The van der Waals surface area contributed by atoms with Crippen LogP contribution in [0.2, 0.25) is 0 Å². The minimum atomic E-state index is -0.853. The van der Waals surface area contributed by atoms with Gasteiger partial charge < -0.3 is 9.84 Å². The van der Waals surface area contributed by atoms with Crippen molar-refractivity contribution in [1.29, 1.82) is 0 Å². The molecule has 1 saturated heterocycles. The van der Waals surface area contributed by atoms with Crippen LogP contribution < -0.4 is 9.64 Å². The first-order chi connectivity index (χ1) is 16.9. The number of carbonyl (C=O) groups excluding carboxylic acids is 2. The number of ketones is 1. The summed E-state index contributed by atoms with van der Waals surface area (Å²) >= 11 is 1.34. The molecule has 2 aromatic carbocycles. The summed E-state index contributed by atoms with van der Waals surface area (Å²) in [5.41, 5.74) is 3.87. The number of aryl methyl sites for hydroxylation is 1. The van der Waals surface area contributed by atoms with Crippen molar-refractivity contribution in [1.82, 2.24) is 9.97 Å². The SMILES string of the molecule is Cc1ccc2nc(N3C(=O)C(=O)/C(=C(/O)c4ccc5c(c4)C[C@H](C)O5)[C@@H]3c3cccnc3)sc2c1. The average Bonchev–Trinajstić information content (AvgIpc) is 3.51. The van der Waals surface area contributed by atoms with Crippen LogP contribution in [0.3, 0.4) is 0 Å². The number of aromatic nitrogens is 2. The lowest BCUT2D eigenvalue weighted by Crippen LogP contribution is -2.29. The Morgan fingerprint density at radius 3 is 2.83 bits per heavy atom. The van der Waals surface area contributed by atoms with Crippen molar-refractivity contribution in [2.24, 2.45) is 0 Å². The monoisotopic (exact) mass is 483 g/mol. The molecule has 2 aromatic heterocycles. The molecular formula is C27H21N3O4S. The number of ether oxygens (including phenoxy) is 1. The second-order valence-electron chi connectivity index (χ2n) is 8.88. The highest BCUT2D eigenvalue weighted by Gasteiger charge is 2.48. The Morgan fingerprint density at radius 2 is 2.03 bits per heavy atom. The van der Waals surface area contributed by atoms with Crippen molar-refractivity contribution in [3.8, 4) is 5.75 Å². The number of hydrogen-bond acceptors (Lipinski definition) is 7. The number of amides is 1. The second-order valence-corrected chi connectivity index (χ2v) is 9.89. The van der Waals surface area contributed by atoms with Crippen molar-refractivity contribution in [2.75, 3.05) is 4.90 Å². The molecule has 7 nitrogen and oxygen atoms in total. The molecule has 0 aliphatic carbocycles. The van der Waals surface area contributed by atoms with Crippen LogP contribution in [0.1, 0.15) is 35.2 Å². The zero-order valence-electron chi connectivity index (χ0n) is 19.1. The first kappa shape index (κ1) is 21.5. The number of benzene rings is 2. The van der Waals surface area contributed by atoms with Gasteiger partial charge in [-0.25, -0.2) is 4.98 Å². The highest BCUT2D eigenvalue weighted by molar-refractivity contribution is 7.22. The van der Waals surface area contributed by atoms with Gasteiger partial charge >= 0.3 is 5.91 Å². The van der Waals surface area contributed by atoms with Crippen LogP contribution in [0, 0.1) is 6.92 Å². The van der Waals surface area contributed by atoms with Crippen LogP contribution >= 0.6 is 11.3 Å². The Labute approximate surface area is 205 Å². The van der Waals surface area contributed by atoms with Crippen molar-refractivity contribution in [2.45, 2.75) is 32.4 Å². The molecule has 4 heterocycles. The van der Waals surface area contributed by atoms with Gasteiger partial charge in [-0.1, -0.05) is 23.5 Å². The van der Waals surface area contributed by atoms with Crippen LogP contribution in [0.15, 0.2) is 66.5 Å². The third kappa shape index (κ3) is 3.49. The number of fused-ring (bicyclic) bond motifs is 2. The first-order valence-corrected chi connectivity index (χ1v) is 12.1. The van der Waals surface area contributed by atoms with Crippen molar-refractivity contribution in [3.05, 3.63) is 88.8 Å². The van der Waals surface area contributed by atoms with E-state index in [-0.39, 0.29) is 17.4 Å². The van der Waals surface area contributed by atoms with E-state index in [1.807, 2.05) is 38.1 Å². The second kappa shape index (κ2) is 8.02. The van der Waals surface area contributed by atoms with Gasteiger partial charge in [0.05, 0.1) is 21.8 Å². The van der Waals surface area contributed by atoms with Gasteiger partial charge in [-0.05, 0) is 66.9 Å². The molecule has 0 bridgehead atoms. The van der Waals surface area contributed by atoms with E-state index in [4.69, 9.17) is 4.74 Å². The Kier molecular flexibility index (Phi) is 4.93. The normalized spacial score (nSPS) is 20.9. The lowest BCUT2D eigenvalue weighted by atomic mass is 9.95.